The van der Waals surface area contributed by atoms with Crippen LogP contribution in [-0.4, -0.2) is 12.5 Å². The quantitative estimate of drug-likeness (QED) is 0.900. The summed E-state index contributed by atoms with van der Waals surface area (Å²) in [5.74, 6) is 0.937. The molecule has 4 heteroatoms. The molecule has 1 N–H and O–H groups in total. The summed E-state index contributed by atoms with van der Waals surface area (Å²) >= 11 is 0. The van der Waals surface area contributed by atoms with Crippen LogP contribution in [0.3, 0.4) is 0 Å². The van der Waals surface area contributed by atoms with E-state index in [-0.39, 0.29) is 11.7 Å². The van der Waals surface area contributed by atoms with E-state index in [1.165, 1.54) is 19.1 Å². The molecule has 1 amide bonds. The molecular formula is C18H18FNO2. The number of halogens is 1. The van der Waals surface area contributed by atoms with Crippen molar-refractivity contribution in [1.29, 1.82) is 0 Å². The number of benzene rings is 2. The van der Waals surface area contributed by atoms with Gasteiger partial charge in [-0.05, 0) is 54.5 Å². The average Bonchev–Trinajstić information content (AvgIpc) is 2.50. The molecule has 0 unspecified atom stereocenters. The predicted molar refractivity (Wildman–Crippen MR) is 85.3 cm³/mol. The predicted octanol–water partition coefficient (Wildman–Crippen LogP) is 4.16. The number of hydrogen-bond donors (Lipinski definition) is 1. The molecule has 0 heterocycles. The zero-order valence-corrected chi connectivity index (χ0v) is 12.6. The molecule has 2 aromatic carbocycles. The fourth-order valence-electron chi connectivity index (χ4n) is 1.89. The maximum Gasteiger partial charge on any atom is 0.217 e. The smallest absolute Gasteiger partial charge is 0.217 e. The van der Waals surface area contributed by atoms with Crippen LogP contribution in [0.15, 0.2) is 54.6 Å². The van der Waals surface area contributed by atoms with Crippen molar-refractivity contribution in [3.8, 4) is 11.5 Å². The van der Waals surface area contributed by atoms with E-state index in [4.69, 9.17) is 4.74 Å². The second-order valence-corrected chi connectivity index (χ2v) is 4.90. The molecule has 114 valence electrons. The Labute approximate surface area is 129 Å². The summed E-state index contributed by atoms with van der Waals surface area (Å²) in [7, 11) is 0. The van der Waals surface area contributed by atoms with Crippen LogP contribution in [0.1, 0.15) is 19.4 Å². The molecule has 2 rings (SSSR count). The number of allylic oxidation sites excluding steroid dienone is 1. The van der Waals surface area contributed by atoms with Crippen molar-refractivity contribution < 1.29 is 13.9 Å². The summed E-state index contributed by atoms with van der Waals surface area (Å²) in [4.78, 5) is 10.8. The van der Waals surface area contributed by atoms with Crippen LogP contribution in [-0.2, 0) is 4.79 Å². The van der Waals surface area contributed by atoms with Crippen molar-refractivity contribution in [3.63, 3.8) is 0 Å². The van der Waals surface area contributed by atoms with Crippen molar-refractivity contribution in [2.24, 2.45) is 0 Å². The minimum absolute atomic E-state index is 0.0490. The molecule has 0 radical (unpaired) electrons. The van der Waals surface area contributed by atoms with E-state index in [2.05, 4.69) is 5.32 Å². The number of carbonyl (C=O) groups excluding carboxylic acids is 1. The molecule has 0 aliphatic carbocycles. The molecule has 0 fully saturated rings. The molecule has 0 aliphatic heterocycles. The average molecular weight is 299 g/mol. The third-order valence-corrected chi connectivity index (χ3v) is 3.12. The normalized spacial score (nSPS) is 11.1. The Morgan fingerprint density at radius 3 is 2.14 bits per heavy atom. The highest BCUT2D eigenvalue weighted by Crippen LogP contribution is 2.23. The fourth-order valence-corrected chi connectivity index (χ4v) is 1.89. The van der Waals surface area contributed by atoms with Gasteiger partial charge < -0.3 is 10.1 Å². The molecule has 3 nitrogen and oxygen atoms in total. The highest BCUT2D eigenvalue weighted by atomic mass is 19.1. The Morgan fingerprint density at radius 1 is 1.05 bits per heavy atom. The van der Waals surface area contributed by atoms with Crippen molar-refractivity contribution in [2.75, 3.05) is 6.54 Å². The molecule has 22 heavy (non-hydrogen) atoms. The summed E-state index contributed by atoms with van der Waals surface area (Å²) in [5, 5.41) is 2.72. The van der Waals surface area contributed by atoms with Gasteiger partial charge >= 0.3 is 0 Å². The second kappa shape index (κ2) is 7.41. The third-order valence-electron chi connectivity index (χ3n) is 3.12. The van der Waals surface area contributed by atoms with Crippen LogP contribution < -0.4 is 10.1 Å². The number of hydrogen-bond acceptors (Lipinski definition) is 2. The van der Waals surface area contributed by atoms with Crippen LogP contribution >= 0.6 is 0 Å². The van der Waals surface area contributed by atoms with Crippen molar-refractivity contribution in [1.82, 2.24) is 5.32 Å². The third kappa shape index (κ3) is 4.74. The summed E-state index contributed by atoms with van der Waals surface area (Å²) in [6.45, 7) is 3.98. The van der Waals surface area contributed by atoms with E-state index < -0.39 is 0 Å². The van der Waals surface area contributed by atoms with Gasteiger partial charge in [0, 0.05) is 13.5 Å². The molecule has 0 saturated carbocycles. The number of amides is 1. The molecule has 0 atom stereocenters. The Balaban J connectivity index is 2.00. The summed E-state index contributed by atoms with van der Waals surface area (Å²) in [6, 6.07) is 13.5. The Hall–Kier alpha value is -2.62. The maximum absolute atomic E-state index is 12.8. The zero-order valence-electron chi connectivity index (χ0n) is 12.6. The van der Waals surface area contributed by atoms with Gasteiger partial charge in [-0.2, -0.15) is 0 Å². The van der Waals surface area contributed by atoms with Gasteiger partial charge in [0.15, 0.2) is 0 Å². The van der Waals surface area contributed by atoms with Crippen LogP contribution in [0, 0.1) is 5.82 Å². The van der Waals surface area contributed by atoms with E-state index in [0.29, 0.717) is 18.0 Å². The van der Waals surface area contributed by atoms with Gasteiger partial charge in [0.1, 0.15) is 17.3 Å². The first-order valence-corrected chi connectivity index (χ1v) is 6.99. The topological polar surface area (TPSA) is 38.3 Å². The summed E-state index contributed by atoms with van der Waals surface area (Å²) in [6.07, 6.45) is 1.96. The first-order valence-electron chi connectivity index (χ1n) is 6.99. The van der Waals surface area contributed by atoms with Gasteiger partial charge in [-0.25, -0.2) is 4.39 Å². The van der Waals surface area contributed by atoms with E-state index in [1.807, 2.05) is 37.3 Å². The lowest BCUT2D eigenvalue weighted by atomic mass is 10.1. The maximum atomic E-state index is 12.8. The summed E-state index contributed by atoms with van der Waals surface area (Å²) in [5.41, 5.74) is 2.12. The molecule has 0 bridgehead atoms. The van der Waals surface area contributed by atoms with Crippen LogP contribution in [0.2, 0.25) is 0 Å². The number of ether oxygens (including phenoxy) is 1. The molecular weight excluding hydrogens is 281 g/mol. The lowest BCUT2D eigenvalue weighted by Gasteiger charge is -2.07. The first-order chi connectivity index (χ1) is 10.5. The van der Waals surface area contributed by atoms with E-state index in [0.717, 1.165) is 11.1 Å². The van der Waals surface area contributed by atoms with Crippen LogP contribution in [0.25, 0.3) is 5.57 Å². The molecule has 2 aromatic rings. The largest absolute Gasteiger partial charge is 0.457 e. The van der Waals surface area contributed by atoms with Crippen LogP contribution in [0.5, 0.6) is 11.5 Å². The lowest BCUT2D eigenvalue weighted by molar-refractivity contribution is -0.118. The summed E-state index contributed by atoms with van der Waals surface area (Å²) < 4.78 is 18.5. The molecule has 0 spiro atoms. The van der Waals surface area contributed by atoms with Gasteiger partial charge in [0.05, 0.1) is 0 Å². The second-order valence-electron chi connectivity index (χ2n) is 4.90. The van der Waals surface area contributed by atoms with Crippen molar-refractivity contribution >= 4 is 11.5 Å². The van der Waals surface area contributed by atoms with Crippen LogP contribution in [0.4, 0.5) is 4.39 Å². The van der Waals surface area contributed by atoms with Gasteiger partial charge in [-0.3, -0.25) is 4.79 Å². The minimum Gasteiger partial charge on any atom is -0.457 e. The molecule has 0 aromatic heterocycles. The van der Waals surface area contributed by atoms with Gasteiger partial charge in [-0.1, -0.05) is 18.2 Å². The Bertz CT molecular complexity index is 660. The van der Waals surface area contributed by atoms with E-state index in [9.17, 15) is 9.18 Å². The number of nitrogens with one attached hydrogen (secondary N) is 1. The van der Waals surface area contributed by atoms with Gasteiger partial charge in [0.25, 0.3) is 0 Å². The minimum atomic E-state index is -0.289. The monoisotopic (exact) mass is 299 g/mol. The van der Waals surface area contributed by atoms with E-state index >= 15 is 0 Å². The Kier molecular flexibility index (Phi) is 5.31. The highest BCUT2D eigenvalue weighted by molar-refractivity contribution is 5.73. The number of rotatable bonds is 5. The van der Waals surface area contributed by atoms with Crippen molar-refractivity contribution in [3.05, 3.63) is 66.0 Å². The lowest BCUT2D eigenvalue weighted by Crippen LogP contribution is -2.19. The van der Waals surface area contributed by atoms with Gasteiger partial charge in [0.2, 0.25) is 5.91 Å². The standard InChI is InChI=1S/C18H18FNO2/c1-13(11-12-20-14(2)21)15-3-7-17(8-4-15)22-18-9-5-16(19)6-10-18/h3-11H,12H2,1-2H3,(H,20,21). The SMILES string of the molecule is CC(=O)NCC=C(C)c1ccc(Oc2ccc(F)cc2)cc1. The van der Waals surface area contributed by atoms with Crippen molar-refractivity contribution in [2.45, 2.75) is 13.8 Å². The fraction of sp³-hybridized carbons (Fsp3) is 0.167. The van der Waals surface area contributed by atoms with E-state index in [1.54, 1.807) is 12.1 Å². The number of carbonyl (C=O) groups is 1. The zero-order chi connectivity index (χ0) is 15.9. The Morgan fingerprint density at radius 2 is 1.59 bits per heavy atom. The first kappa shape index (κ1) is 15.8. The highest BCUT2D eigenvalue weighted by Gasteiger charge is 2.00. The molecule has 0 aliphatic rings. The van der Waals surface area contributed by atoms with Gasteiger partial charge in [-0.15, -0.1) is 0 Å². The molecule has 0 saturated heterocycles.